The molecular formula is C18H14N4O2S2. The molecule has 0 saturated carbocycles. The maximum atomic E-state index is 12.5. The van der Waals surface area contributed by atoms with Crippen molar-refractivity contribution in [1.82, 2.24) is 15.2 Å². The Morgan fingerprint density at radius 1 is 1.19 bits per heavy atom. The van der Waals surface area contributed by atoms with Crippen LogP contribution in [0.15, 0.2) is 65.1 Å². The Labute approximate surface area is 156 Å². The number of benzene rings is 2. The summed E-state index contributed by atoms with van der Waals surface area (Å²) in [6, 6.07) is 13.2. The maximum Gasteiger partial charge on any atom is 0.194 e. The van der Waals surface area contributed by atoms with Crippen LogP contribution in [0.3, 0.4) is 0 Å². The lowest BCUT2D eigenvalue weighted by Crippen LogP contribution is -2.04. The van der Waals surface area contributed by atoms with Crippen LogP contribution in [0.1, 0.15) is 0 Å². The highest BCUT2D eigenvalue weighted by Gasteiger charge is 2.13. The van der Waals surface area contributed by atoms with Crippen LogP contribution in [0, 0.1) is 0 Å². The van der Waals surface area contributed by atoms with Gasteiger partial charge in [0.1, 0.15) is 11.4 Å². The van der Waals surface area contributed by atoms with Crippen LogP contribution in [0.25, 0.3) is 22.0 Å². The molecule has 0 radical (unpaired) electrons. The number of aromatic nitrogens is 3. The van der Waals surface area contributed by atoms with E-state index in [9.17, 15) is 4.21 Å². The third-order valence-electron chi connectivity index (χ3n) is 3.82. The van der Waals surface area contributed by atoms with E-state index in [0.29, 0.717) is 10.0 Å². The van der Waals surface area contributed by atoms with Crippen molar-refractivity contribution < 1.29 is 8.95 Å². The van der Waals surface area contributed by atoms with Gasteiger partial charge < -0.3 is 4.74 Å². The fourth-order valence-electron chi connectivity index (χ4n) is 2.63. The first-order valence-corrected chi connectivity index (χ1v) is 9.76. The van der Waals surface area contributed by atoms with Gasteiger partial charge in [0.2, 0.25) is 0 Å². The Kier molecular flexibility index (Phi) is 4.59. The van der Waals surface area contributed by atoms with Crippen LogP contribution in [0.2, 0.25) is 0 Å². The van der Waals surface area contributed by atoms with Crippen molar-refractivity contribution in [1.29, 1.82) is 0 Å². The first-order valence-electron chi connectivity index (χ1n) is 7.73. The number of nitrogens with one attached hydrogen (secondary N) is 1. The Hall–Kier alpha value is -2.84. The summed E-state index contributed by atoms with van der Waals surface area (Å²) in [6.07, 6.45) is 3.33. The van der Waals surface area contributed by atoms with Crippen LogP contribution in [-0.2, 0) is 11.0 Å². The fourth-order valence-corrected chi connectivity index (χ4v) is 4.18. The molecule has 0 amide bonds. The first kappa shape index (κ1) is 16.6. The van der Waals surface area contributed by atoms with Gasteiger partial charge in [0.15, 0.2) is 16.1 Å². The van der Waals surface area contributed by atoms with Gasteiger partial charge in [-0.1, -0.05) is 18.2 Å². The molecule has 26 heavy (non-hydrogen) atoms. The van der Waals surface area contributed by atoms with Gasteiger partial charge in [0.05, 0.1) is 18.2 Å². The van der Waals surface area contributed by atoms with E-state index in [1.807, 2.05) is 47.8 Å². The summed E-state index contributed by atoms with van der Waals surface area (Å²) in [4.78, 5) is 4.74. The van der Waals surface area contributed by atoms with Crippen molar-refractivity contribution in [3.05, 3.63) is 60.2 Å². The van der Waals surface area contributed by atoms with Crippen LogP contribution < -0.4 is 9.46 Å². The topological polar surface area (TPSA) is 77.0 Å². The number of fused-ring (bicyclic) bond motifs is 1. The summed E-state index contributed by atoms with van der Waals surface area (Å²) >= 11 is 1.40. The van der Waals surface area contributed by atoms with Crippen LogP contribution in [-0.4, -0.2) is 26.5 Å². The predicted octanol–water partition coefficient (Wildman–Crippen LogP) is 3.90. The van der Waals surface area contributed by atoms with Crippen molar-refractivity contribution >= 4 is 38.2 Å². The van der Waals surface area contributed by atoms with Gasteiger partial charge >= 0.3 is 0 Å². The largest absolute Gasteiger partial charge is 0.496 e. The number of anilines is 1. The molecule has 4 aromatic rings. The van der Waals surface area contributed by atoms with Crippen molar-refractivity contribution in [3.63, 3.8) is 0 Å². The Morgan fingerprint density at radius 3 is 2.88 bits per heavy atom. The molecule has 0 saturated heterocycles. The monoisotopic (exact) mass is 382 g/mol. The van der Waals surface area contributed by atoms with E-state index >= 15 is 0 Å². The highest BCUT2D eigenvalue weighted by atomic mass is 32.2. The molecule has 1 N–H and O–H groups in total. The van der Waals surface area contributed by atoms with Crippen LogP contribution >= 0.6 is 11.3 Å². The number of hydrogen-bond donors (Lipinski definition) is 1. The van der Waals surface area contributed by atoms with Crippen LogP contribution in [0.5, 0.6) is 5.75 Å². The molecule has 0 aliphatic carbocycles. The Morgan fingerprint density at radius 2 is 2.08 bits per heavy atom. The van der Waals surface area contributed by atoms with Gasteiger partial charge in [0, 0.05) is 27.9 Å². The molecule has 0 spiro atoms. The van der Waals surface area contributed by atoms with Gasteiger partial charge in [0.25, 0.3) is 0 Å². The fraction of sp³-hybridized carbons (Fsp3) is 0.0556. The van der Waals surface area contributed by atoms with Crippen molar-refractivity contribution in [2.24, 2.45) is 0 Å². The van der Waals surface area contributed by atoms with Gasteiger partial charge in [-0.05, 0) is 24.3 Å². The van der Waals surface area contributed by atoms with E-state index in [4.69, 9.17) is 4.74 Å². The third-order valence-corrected chi connectivity index (χ3v) is 5.70. The van der Waals surface area contributed by atoms with Crippen molar-refractivity contribution in [2.45, 2.75) is 4.90 Å². The minimum absolute atomic E-state index is 0.617. The first-order chi connectivity index (χ1) is 12.8. The molecule has 2 aromatic heterocycles. The minimum atomic E-state index is -1.40. The molecule has 1 atom stereocenters. The molecule has 2 aromatic carbocycles. The molecule has 6 nitrogen and oxygen atoms in total. The number of thiazole rings is 1. The summed E-state index contributed by atoms with van der Waals surface area (Å²) in [5, 5.41) is 12.6. The number of methoxy groups -OCH3 is 1. The van der Waals surface area contributed by atoms with Crippen molar-refractivity contribution in [2.75, 3.05) is 11.8 Å². The van der Waals surface area contributed by atoms with Crippen LogP contribution in [0.4, 0.5) is 5.13 Å². The lowest BCUT2D eigenvalue weighted by atomic mass is 10.0. The van der Waals surface area contributed by atoms with Gasteiger partial charge in [-0.2, -0.15) is 5.10 Å². The molecule has 8 heteroatoms. The molecular weight excluding hydrogens is 368 g/mol. The number of nitrogens with zero attached hydrogens (tertiary/aromatic N) is 3. The normalized spacial score (nSPS) is 12.0. The summed E-state index contributed by atoms with van der Waals surface area (Å²) in [6.45, 7) is 0. The minimum Gasteiger partial charge on any atom is -0.496 e. The molecule has 4 rings (SSSR count). The highest BCUT2D eigenvalue weighted by Crippen LogP contribution is 2.33. The second-order valence-corrected chi connectivity index (χ2v) is 7.46. The average Bonchev–Trinajstić information content (AvgIpc) is 3.20. The molecule has 0 aliphatic heterocycles. The van der Waals surface area contributed by atoms with Gasteiger partial charge in [-0.3, -0.25) is 4.72 Å². The summed E-state index contributed by atoms with van der Waals surface area (Å²) in [5.41, 5.74) is 1.59. The van der Waals surface area contributed by atoms with E-state index in [0.717, 1.165) is 27.8 Å². The number of ether oxygens (including phenoxy) is 1. The third kappa shape index (κ3) is 3.16. The molecule has 1 unspecified atom stereocenters. The van der Waals surface area contributed by atoms with Crippen molar-refractivity contribution in [3.8, 4) is 17.0 Å². The lowest BCUT2D eigenvalue weighted by Gasteiger charge is -2.10. The highest BCUT2D eigenvalue weighted by molar-refractivity contribution is 7.86. The molecule has 0 fully saturated rings. The second-order valence-electron chi connectivity index (χ2n) is 5.35. The lowest BCUT2D eigenvalue weighted by molar-refractivity contribution is 0.416. The quantitative estimate of drug-likeness (QED) is 0.566. The van der Waals surface area contributed by atoms with Gasteiger partial charge in [-0.25, -0.2) is 9.19 Å². The van der Waals surface area contributed by atoms with E-state index in [1.165, 1.54) is 11.3 Å². The summed E-state index contributed by atoms with van der Waals surface area (Å²) in [5.74, 6) is 0.729. The number of hydrogen-bond acceptors (Lipinski definition) is 6. The van der Waals surface area contributed by atoms with E-state index in [-0.39, 0.29) is 0 Å². The smallest absolute Gasteiger partial charge is 0.194 e. The zero-order valence-electron chi connectivity index (χ0n) is 13.7. The van der Waals surface area contributed by atoms with E-state index in [2.05, 4.69) is 19.9 Å². The maximum absolute atomic E-state index is 12.5. The molecule has 130 valence electrons. The molecule has 0 bridgehead atoms. The Balaban J connectivity index is 1.75. The zero-order valence-corrected chi connectivity index (χ0v) is 15.4. The predicted molar refractivity (Wildman–Crippen MR) is 104 cm³/mol. The van der Waals surface area contributed by atoms with Gasteiger partial charge in [-0.15, -0.1) is 16.4 Å². The second kappa shape index (κ2) is 7.19. The molecule has 0 aliphatic rings. The SMILES string of the molecule is COc1ccccc1-c1nncc2cc(S(=O)Nc3nccs3)ccc12. The summed E-state index contributed by atoms with van der Waals surface area (Å²) < 4.78 is 20.8. The number of rotatable bonds is 5. The average molecular weight is 382 g/mol. The number of para-hydroxylation sites is 1. The van der Waals surface area contributed by atoms with E-state index < -0.39 is 11.0 Å². The summed E-state index contributed by atoms with van der Waals surface area (Å²) in [7, 11) is 0.227. The Bertz CT molecular complexity index is 1080. The molecule has 2 heterocycles. The standard InChI is InChI=1S/C18H14N4O2S2/c1-24-16-5-3-2-4-15(16)17-14-7-6-13(10-12(14)11-20-21-17)26(23)22-18-19-8-9-25-18/h2-11H,1H3,(H,19,22). The van der Waals surface area contributed by atoms with E-state index in [1.54, 1.807) is 19.5 Å². The zero-order chi connectivity index (χ0) is 17.9.